The van der Waals surface area contributed by atoms with E-state index in [1.165, 1.54) is 6.33 Å². The number of nitro groups is 1. The summed E-state index contributed by atoms with van der Waals surface area (Å²) in [6, 6.07) is 7.49. The van der Waals surface area contributed by atoms with Crippen molar-refractivity contribution in [3.05, 3.63) is 46.3 Å². The second-order valence-electron chi connectivity index (χ2n) is 3.87. The number of nitrogens with zero attached hydrogens (tertiary/aromatic N) is 3. The summed E-state index contributed by atoms with van der Waals surface area (Å²) in [6.45, 7) is 1.91. The summed E-state index contributed by atoms with van der Waals surface area (Å²) in [5.41, 5.74) is 1.57. The normalized spacial score (nSPS) is 10.0. The molecule has 0 amide bonds. The molecule has 2 N–H and O–H groups in total. The molecule has 19 heavy (non-hydrogen) atoms. The largest absolute Gasteiger partial charge is 0.367 e. The molecule has 1 aromatic heterocycles. The highest BCUT2D eigenvalue weighted by atomic mass is 16.6. The molecular weight excluding hydrogens is 246 g/mol. The van der Waals surface area contributed by atoms with Crippen LogP contribution in [0.5, 0.6) is 0 Å². The van der Waals surface area contributed by atoms with Crippen molar-refractivity contribution < 1.29 is 4.92 Å². The summed E-state index contributed by atoms with van der Waals surface area (Å²) < 4.78 is 0. The van der Waals surface area contributed by atoms with Crippen molar-refractivity contribution in [3.63, 3.8) is 0 Å². The lowest BCUT2D eigenvalue weighted by Gasteiger charge is -2.10. The van der Waals surface area contributed by atoms with Gasteiger partial charge in [-0.15, -0.1) is 0 Å². The van der Waals surface area contributed by atoms with Crippen LogP contribution in [0, 0.1) is 17.0 Å². The Morgan fingerprint density at radius 1 is 1.21 bits per heavy atom. The molecule has 0 fully saturated rings. The number of hydrogen-bond donors (Lipinski definition) is 2. The molecule has 0 saturated heterocycles. The first kappa shape index (κ1) is 12.7. The molecule has 0 unspecified atom stereocenters. The monoisotopic (exact) mass is 259 g/mol. The highest BCUT2D eigenvalue weighted by Crippen LogP contribution is 2.31. The summed E-state index contributed by atoms with van der Waals surface area (Å²) in [7, 11) is 1.58. The Hall–Kier alpha value is -2.70. The van der Waals surface area contributed by atoms with E-state index < -0.39 is 4.92 Å². The second-order valence-corrected chi connectivity index (χ2v) is 3.87. The minimum absolute atomic E-state index is 0.165. The van der Waals surface area contributed by atoms with Gasteiger partial charge in [0, 0.05) is 12.7 Å². The first-order chi connectivity index (χ1) is 9.13. The Balaban J connectivity index is 2.46. The van der Waals surface area contributed by atoms with Crippen molar-refractivity contribution in [1.29, 1.82) is 0 Å². The van der Waals surface area contributed by atoms with Crippen molar-refractivity contribution >= 4 is 23.0 Å². The molecule has 7 heteroatoms. The lowest BCUT2D eigenvalue weighted by Crippen LogP contribution is -2.05. The molecule has 1 aromatic carbocycles. The van der Waals surface area contributed by atoms with Crippen molar-refractivity contribution in [2.45, 2.75) is 6.92 Å². The van der Waals surface area contributed by atoms with Gasteiger partial charge in [0.25, 0.3) is 0 Å². The highest BCUT2D eigenvalue weighted by Gasteiger charge is 2.22. The van der Waals surface area contributed by atoms with Crippen LogP contribution in [0.3, 0.4) is 0 Å². The van der Waals surface area contributed by atoms with Gasteiger partial charge in [-0.2, -0.15) is 0 Å². The summed E-state index contributed by atoms with van der Waals surface area (Å²) in [4.78, 5) is 18.4. The van der Waals surface area contributed by atoms with E-state index in [1.807, 2.05) is 31.2 Å². The fraction of sp³-hybridized carbons (Fsp3) is 0.167. The molecule has 7 nitrogen and oxygen atoms in total. The molecule has 98 valence electrons. The van der Waals surface area contributed by atoms with Crippen LogP contribution in [0.25, 0.3) is 0 Å². The van der Waals surface area contributed by atoms with E-state index >= 15 is 0 Å². The van der Waals surface area contributed by atoms with Crippen LogP contribution in [0.2, 0.25) is 0 Å². The smallest absolute Gasteiger partial charge is 0.353 e. The summed E-state index contributed by atoms with van der Waals surface area (Å²) >= 11 is 0. The SMILES string of the molecule is CNc1ncnc(Nc2ccccc2C)c1[N+](=O)[O-]. The first-order valence-electron chi connectivity index (χ1n) is 5.63. The fourth-order valence-corrected chi connectivity index (χ4v) is 1.67. The van der Waals surface area contributed by atoms with Gasteiger partial charge in [0.1, 0.15) is 6.33 Å². The molecule has 1 heterocycles. The zero-order valence-electron chi connectivity index (χ0n) is 10.5. The summed E-state index contributed by atoms with van der Waals surface area (Å²) in [5, 5.41) is 16.8. The van der Waals surface area contributed by atoms with Crippen LogP contribution in [-0.2, 0) is 0 Å². The maximum atomic E-state index is 11.1. The van der Waals surface area contributed by atoms with Crippen LogP contribution >= 0.6 is 0 Å². The van der Waals surface area contributed by atoms with Gasteiger partial charge in [-0.05, 0) is 18.6 Å². The van der Waals surface area contributed by atoms with Crippen molar-refractivity contribution in [2.24, 2.45) is 0 Å². The molecule has 0 radical (unpaired) electrons. The lowest BCUT2D eigenvalue weighted by molar-refractivity contribution is -0.383. The van der Waals surface area contributed by atoms with Gasteiger partial charge in [-0.3, -0.25) is 10.1 Å². The van der Waals surface area contributed by atoms with Crippen molar-refractivity contribution in [1.82, 2.24) is 9.97 Å². The van der Waals surface area contributed by atoms with E-state index in [1.54, 1.807) is 7.05 Å². The number of nitrogens with one attached hydrogen (secondary N) is 2. The van der Waals surface area contributed by atoms with Crippen molar-refractivity contribution in [2.75, 3.05) is 17.7 Å². The highest BCUT2D eigenvalue weighted by molar-refractivity contribution is 5.74. The van der Waals surface area contributed by atoms with E-state index in [-0.39, 0.29) is 17.3 Å². The summed E-state index contributed by atoms with van der Waals surface area (Å²) in [5.74, 6) is 0.342. The van der Waals surface area contributed by atoms with Crippen LogP contribution in [0.15, 0.2) is 30.6 Å². The zero-order chi connectivity index (χ0) is 13.8. The average molecular weight is 259 g/mol. The predicted molar refractivity (Wildman–Crippen MR) is 72.7 cm³/mol. The van der Waals surface area contributed by atoms with Gasteiger partial charge < -0.3 is 10.6 Å². The standard InChI is InChI=1S/C12H13N5O2/c1-8-5-3-4-6-9(8)16-12-10(17(18)19)11(13-2)14-7-15-12/h3-7H,1-2H3,(H2,13,14,15,16). The second kappa shape index (κ2) is 5.30. The summed E-state index contributed by atoms with van der Waals surface area (Å²) in [6.07, 6.45) is 1.28. The number of benzene rings is 1. The first-order valence-corrected chi connectivity index (χ1v) is 5.63. The fourth-order valence-electron chi connectivity index (χ4n) is 1.67. The Morgan fingerprint density at radius 2 is 1.89 bits per heavy atom. The Labute approximate surface area is 109 Å². The minimum atomic E-state index is -0.508. The average Bonchev–Trinajstić information content (AvgIpc) is 2.40. The number of anilines is 3. The Kier molecular flexibility index (Phi) is 3.56. The maximum Gasteiger partial charge on any atom is 0.353 e. The third kappa shape index (κ3) is 2.59. The molecule has 2 rings (SSSR count). The van der Waals surface area contributed by atoms with Gasteiger partial charge in [-0.1, -0.05) is 18.2 Å². The predicted octanol–water partition coefficient (Wildman–Crippen LogP) is 2.48. The van der Waals surface area contributed by atoms with E-state index in [0.717, 1.165) is 11.3 Å². The number of aromatic nitrogens is 2. The van der Waals surface area contributed by atoms with E-state index in [2.05, 4.69) is 20.6 Å². The molecule has 0 aliphatic rings. The molecule has 0 aliphatic heterocycles. The minimum Gasteiger partial charge on any atom is -0.367 e. The van der Waals surface area contributed by atoms with Crippen LogP contribution in [-0.4, -0.2) is 21.9 Å². The third-order valence-corrected chi connectivity index (χ3v) is 2.64. The van der Waals surface area contributed by atoms with E-state index in [4.69, 9.17) is 0 Å². The van der Waals surface area contributed by atoms with Gasteiger partial charge in [0.15, 0.2) is 0 Å². The molecule has 0 bridgehead atoms. The van der Waals surface area contributed by atoms with Gasteiger partial charge in [-0.25, -0.2) is 9.97 Å². The number of aryl methyl sites for hydroxylation is 1. The van der Waals surface area contributed by atoms with E-state index in [0.29, 0.717) is 0 Å². The van der Waals surface area contributed by atoms with Crippen LogP contribution in [0.1, 0.15) is 5.56 Å². The number of para-hydroxylation sites is 1. The molecular formula is C12H13N5O2. The third-order valence-electron chi connectivity index (χ3n) is 2.64. The molecule has 0 aliphatic carbocycles. The van der Waals surface area contributed by atoms with Crippen LogP contribution < -0.4 is 10.6 Å². The Bertz CT molecular complexity index is 615. The molecule has 0 atom stereocenters. The van der Waals surface area contributed by atoms with Crippen molar-refractivity contribution in [3.8, 4) is 0 Å². The van der Waals surface area contributed by atoms with Gasteiger partial charge in [0.2, 0.25) is 11.6 Å². The van der Waals surface area contributed by atoms with Gasteiger partial charge >= 0.3 is 5.69 Å². The zero-order valence-corrected chi connectivity index (χ0v) is 10.5. The van der Waals surface area contributed by atoms with E-state index in [9.17, 15) is 10.1 Å². The lowest BCUT2D eigenvalue weighted by atomic mass is 10.2. The quantitative estimate of drug-likeness (QED) is 0.647. The topological polar surface area (TPSA) is 93.0 Å². The number of hydrogen-bond acceptors (Lipinski definition) is 6. The van der Waals surface area contributed by atoms with Crippen LogP contribution in [0.4, 0.5) is 23.0 Å². The molecule has 0 saturated carbocycles. The Morgan fingerprint density at radius 3 is 2.53 bits per heavy atom. The molecule has 2 aromatic rings. The number of rotatable bonds is 4. The maximum absolute atomic E-state index is 11.1. The van der Waals surface area contributed by atoms with Gasteiger partial charge in [0.05, 0.1) is 4.92 Å². The molecule has 0 spiro atoms.